The number of hydrogen-bond acceptors (Lipinski definition) is 4. The fourth-order valence-corrected chi connectivity index (χ4v) is 2.99. The first kappa shape index (κ1) is 20.3. The molecule has 0 fully saturated rings. The monoisotopic (exact) mass is 391 g/mol. The summed E-state index contributed by atoms with van der Waals surface area (Å²) in [6.45, 7) is 2.31. The Hall–Kier alpha value is -3.47. The first-order chi connectivity index (χ1) is 14.1. The van der Waals surface area contributed by atoms with Gasteiger partial charge in [-0.25, -0.2) is 0 Å². The Morgan fingerprint density at radius 1 is 0.897 bits per heavy atom. The van der Waals surface area contributed by atoms with E-state index in [-0.39, 0.29) is 11.9 Å². The molecule has 150 valence electrons. The molecule has 0 aliphatic rings. The van der Waals surface area contributed by atoms with E-state index in [2.05, 4.69) is 5.32 Å². The van der Waals surface area contributed by atoms with Crippen LogP contribution in [-0.2, 0) is 6.61 Å². The van der Waals surface area contributed by atoms with Gasteiger partial charge in [0.05, 0.1) is 20.3 Å². The van der Waals surface area contributed by atoms with E-state index in [1.165, 1.54) is 0 Å². The van der Waals surface area contributed by atoms with Crippen LogP contribution in [0.4, 0.5) is 0 Å². The van der Waals surface area contributed by atoms with Crippen molar-refractivity contribution in [1.82, 2.24) is 5.32 Å². The minimum atomic E-state index is -0.215. The third-order valence-corrected chi connectivity index (χ3v) is 4.60. The molecule has 0 saturated carbocycles. The zero-order chi connectivity index (χ0) is 20.6. The lowest BCUT2D eigenvalue weighted by molar-refractivity contribution is 0.0939. The molecule has 1 amide bonds. The molecule has 0 aromatic heterocycles. The maximum absolute atomic E-state index is 12.8. The molecular weight excluding hydrogens is 366 g/mol. The molecule has 0 aliphatic carbocycles. The molecule has 3 aromatic rings. The Labute approximate surface area is 171 Å². The van der Waals surface area contributed by atoms with Crippen LogP contribution in [0.2, 0.25) is 0 Å². The fraction of sp³-hybridized carbons (Fsp3) is 0.208. The van der Waals surface area contributed by atoms with Crippen molar-refractivity contribution >= 4 is 5.91 Å². The molecule has 3 aromatic carbocycles. The molecular formula is C24H25NO4. The number of carbonyl (C=O) groups excluding carboxylic acids is 1. The molecule has 0 spiro atoms. The molecule has 0 heterocycles. The number of hydrogen-bond donors (Lipinski definition) is 1. The second kappa shape index (κ2) is 9.64. The number of ether oxygens (including phenoxy) is 3. The molecule has 1 unspecified atom stereocenters. The second-order valence-corrected chi connectivity index (χ2v) is 6.59. The van der Waals surface area contributed by atoms with Gasteiger partial charge in [-0.15, -0.1) is 0 Å². The highest BCUT2D eigenvalue weighted by atomic mass is 16.5. The zero-order valence-electron chi connectivity index (χ0n) is 16.8. The first-order valence-corrected chi connectivity index (χ1v) is 9.41. The van der Waals surface area contributed by atoms with Crippen LogP contribution in [0.5, 0.6) is 17.2 Å². The van der Waals surface area contributed by atoms with Crippen LogP contribution in [0.25, 0.3) is 0 Å². The van der Waals surface area contributed by atoms with E-state index < -0.39 is 0 Å². The largest absolute Gasteiger partial charge is 0.493 e. The van der Waals surface area contributed by atoms with Gasteiger partial charge in [-0.05, 0) is 30.2 Å². The topological polar surface area (TPSA) is 56.8 Å². The number of methoxy groups -OCH3 is 2. The van der Waals surface area contributed by atoms with Crippen LogP contribution < -0.4 is 19.5 Å². The second-order valence-electron chi connectivity index (χ2n) is 6.59. The van der Waals surface area contributed by atoms with Crippen LogP contribution >= 0.6 is 0 Å². The van der Waals surface area contributed by atoms with Crippen molar-refractivity contribution in [2.24, 2.45) is 0 Å². The number of nitrogens with one attached hydrogen (secondary N) is 1. The summed E-state index contributed by atoms with van der Waals surface area (Å²) in [7, 11) is 3.08. The standard InChI is InChI=1S/C24H25NO4/c1-17(19-12-8-5-9-13-19)25-24(26)20-14-21(27-2)23(22(15-20)28-3)29-16-18-10-6-4-7-11-18/h4-15,17H,16H2,1-3H3,(H,25,26). The van der Waals surface area contributed by atoms with E-state index >= 15 is 0 Å². The van der Waals surface area contributed by atoms with Crippen LogP contribution in [0, 0.1) is 0 Å². The van der Waals surface area contributed by atoms with Gasteiger partial charge in [0.1, 0.15) is 6.61 Å². The van der Waals surface area contributed by atoms with E-state index in [1.807, 2.05) is 67.6 Å². The maximum atomic E-state index is 12.8. The van der Waals surface area contributed by atoms with Crippen LogP contribution in [0.1, 0.15) is 34.5 Å². The van der Waals surface area contributed by atoms with Crippen molar-refractivity contribution in [2.75, 3.05) is 14.2 Å². The summed E-state index contributed by atoms with van der Waals surface area (Å²) in [6, 6.07) is 22.8. The average molecular weight is 391 g/mol. The summed E-state index contributed by atoms with van der Waals surface area (Å²) in [5, 5.41) is 3.00. The Bertz CT molecular complexity index is 917. The van der Waals surface area contributed by atoms with Crippen molar-refractivity contribution in [3.8, 4) is 17.2 Å². The minimum absolute atomic E-state index is 0.130. The predicted octanol–water partition coefficient (Wildman–Crippen LogP) is 4.77. The number of amides is 1. The van der Waals surface area contributed by atoms with Crippen molar-refractivity contribution in [3.05, 3.63) is 89.5 Å². The van der Waals surface area contributed by atoms with E-state index in [0.717, 1.165) is 11.1 Å². The molecule has 0 bridgehead atoms. The van der Waals surface area contributed by atoms with E-state index in [1.54, 1.807) is 26.4 Å². The van der Waals surface area contributed by atoms with E-state index in [0.29, 0.717) is 29.4 Å². The molecule has 1 N–H and O–H groups in total. The Kier molecular flexibility index (Phi) is 6.74. The number of benzene rings is 3. The Morgan fingerprint density at radius 3 is 2.00 bits per heavy atom. The number of carbonyl (C=O) groups is 1. The van der Waals surface area contributed by atoms with Crippen LogP contribution in [0.15, 0.2) is 72.8 Å². The molecule has 5 heteroatoms. The van der Waals surface area contributed by atoms with Crippen LogP contribution in [-0.4, -0.2) is 20.1 Å². The predicted molar refractivity (Wildman–Crippen MR) is 113 cm³/mol. The van der Waals surface area contributed by atoms with Gasteiger partial charge in [0.2, 0.25) is 5.75 Å². The lowest BCUT2D eigenvalue weighted by Crippen LogP contribution is -2.26. The molecule has 0 radical (unpaired) electrons. The van der Waals surface area contributed by atoms with Gasteiger partial charge in [0.15, 0.2) is 11.5 Å². The Morgan fingerprint density at radius 2 is 1.45 bits per heavy atom. The smallest absolute Gasteiger partial charge is 0.252 e. The molecule has 1 atom stereocenters. The molecule has 29 heavy (non-hydrogen) atoms. The molecule has 5 nitrogen and oxygen atoms in total. The van der Waals surface area contributed by atoms with Gasteiger partial charge in [-0.2, -0.15) is 0 Å². The lowest BCUT2D eigenvalue weighted by atomic mass is 10.1. The Balaban J connectivity index is 1.80. The summed E-state index contributed by atoms with van der Waals surface area (Å²) in [6.07, 6.45) is 0. The third-order valence-electron chi connectivity index (χ3n) is 4.60. The highest BCUT2D eigenvalue weighted by Crippen LogP contribution is 2.39. The molecule has 0 saturated heterocycles. The summed E-state index contributed by atoms with van der Waals surface area (Å²) in [4.78, 5) is 12.8. The SMILES string of the molecule is COc1cc(C(=O)NC(C)c2ccccc2)cc(OC)c1OCc1ccccc1. The number of rotatable bonds is 8. The van der Waals surface area contributed by atoms with Gasteiger partial charge in [0.25, 0.3) is 5.91 Å². The fourth-order valence-electron chi connectivity index (χ4n) is 2.99. The van der Waals surface area contributed by atoms with Crippen molar-refractivity contribution < 1.29 is 19.0 Å². The highest BCUT2D eigenvalue weighted by Gasteiger charge is 2.19. The van der Waals surface area contributed by atoms with Gasteiger partial charge in [0, 0.05) is 5.56 Å². The highest BCUT2D eigenvalue weighted by molar-refractivity contribution is 5.95. The van der Waals surface area contributed by atoms with Gasteiger partial charge in [-0.3, -0.25) is 4.79 Å². The quantitative estimate of drug-likeness (QED) is 0.601. The van der Waals surface area contributed by atoms with Gasteiger partial charge >= 0.3 is 0 Å². The summed E-state index contributed by atoms with van der Waals surface area (Å²) < 4.78 is 16.9. The summed E-state index contributed by atoms with van der Waals surface area (Å²) in [5.74, 6) is 1.13. The van der Waals surface area contributed by atoms with Crippen molar-refractivity contribution in [3.63, 3.8) is 0 Å². The maximum Gasteiger partial charge on any atom is 0.252 e. The summed E-state index contributed by atoms with van der Waals surface area (Å²) in [5.41, 5.74) is 2.49. The molecule has 0 aliphatic heterocycles. The van der Waals surface area contributed by atoms with Crippen molar-refractivity contribution in [1.29, 1.82) is 0 Å². The zero-order valence-corrected chi connectivity index (χ0v) is 16.8. The first-order valence-electron chi connectivity index (χ1n) is 9.41. The van der Waals surface area contributed by atoms with Gasteiger partial charge in [-0.1, -0.05) is 60.7 Å². The summed E-state index contributed by atoms with van der Waals surface area (Å²) >= 11 is 0. The van der Waals surface area contributed by atoms with Crippen molar-refractivity contribution in [2.45, 2.75) is 19.6 Å². The minimum Gasteiger partial charge on any atom is -0.493 e. The lowest BCUT2D eigenvalue weighted by Gasteiger charge is -2.18. The average Bonchev–Trinajstić information content (AvgIpc) is 2.78. The van der Waals surface area contributed by atoms with E-state index in [9.17, 15) is 4.79 Å². The normalized spacial score (nSPS) is 11.4. The third kappa shape index (κ3) is 5.08. The molecule has 3 rings (SSSR count). The van der Waals surface area contributed by atoms with E-state index in [4.69, 9.17) is 14.2 Å². The van der Waals surface area contributed by atoms with Gasteiger partial charge < -0.3 is 19.5 Å². The van der Waals surface area contributed by atoms with Crippen LogP contribution in [0.3, 0.4) is 0 Å².